The third-order valence-electron chi connectivity index (χ3n) is 1.30. The van der Waals surface area contributed by atoms with Crippen molar-refractivity contribution < 1.29 is 22.0 Å². The molecule has 2 nitrogen and oxygen atoms in total. The predicted octanol–water partition coefficient (Wildman–Crippen LogP) is 3.53. The number of nitrogens with two attached hydrogens (primary N) is 1. The van der Waals surface area contributed by atoms with Gasteiger partial charge in [-0.15, -0.1) is 0 Å². The fourth-order valence-corrected chi connectivity index (χ4v) is 0.616. The highest BCUT2D eigenvalue weighted by Crippen LogP contribution is 2.21. The topological polar surface area (TPSA) is 38.4 Å². The van der Waals surface area contributed by atoms with Gasteiger partial charge in [-0.2, -0.15) is 13.2 Å². The van der Waals surface area contributed by atoms with Crippen LogP contribution in [-0.2, 0) is 0 Å². The van der Waals surface area contributed by atoms with Gasteiger partial charge in [0.2, 0.25) is 0 Å². The molecule has 17 heavy (non-hydrogen) atoms. The zero-order chi connectivity index (χ0) is 14.3. The Morgan fingerprint density at radius 1 is 1.18 bits per heavy atom. The molecule has 0 saturated carbocycles. The number of nitrogens with zero attached hydrogens (tertiary/aromatic N) is 1. The van der Waals surface area contributed by atoms with Crippen LogP contribution in [0.1, 0.15) is 27.7 Å². The van der Waals surface area contributed by atoms with Crippen molar-refractivity contribution >= 4 is 5.71 Å². The third kappa shape index (κ3) is 11.1. The summed E-state index contributed by atoms with van der Waals surface area (Å²) in [4.78, 5) is 3.26. The van der Waals surface area contributed by atoms with Gasteiger partial charge in [0.05, 0.1) is 0 Å². The first-order valence-electron chi connectivity index (χ1n) is 4.95. The zero-order valence-electron chi connectivity index (χ0n) is 10.2. The van der Waals surface area contributed by atoms with E-state index in [2.05, 4.69) is 10.7 Å². The van der Waals surface area contributed by atoms with Gasteiger partial charge in [0.15, 0.2) is 0 Å². The van der Waals surface area contributed by atoms with E-state index in [1.54, 1.807) is 0 Å². The molecule has 0 aromatic carbocycles. The average Bonchev–Trinajstić information content (AvgIpc) is 2.15. The minimum atomic E-state index is -4.66. The second kappa shape index (κ2) is 7.24. The van der Waals surface area contributed by atoms with Gasteiger partial charge < -0.3 is 5.73 Å². The van der Waals surface area contributed by atoms with Gasteiger partial charge in [0, 0.05) is 12.6 Å². The van der Waals surface area contributed by atoms with Crippen molar-refractivity contribution in [2.24, 2.45) is 10.7 Å². The van der Waals surface area contributed by atoms with Gasteiger partial charge in [-0.25, -0.2) is 8.78 Å². The highest BCUT2D eigenvalue weighted by molar-refractivity contribution is 5.93. The van der Waals surface area contributed by atoms with E-state index in [-0.39, 0.29) is 5.71 Å². The van der Waals surface area contributed by atoms with Crippen LogP contribution in [0, 0.1) is 0 Å². The van der Waals surface area contributed by atoms with Crippen molar-refractivity contribution in [3.63, 3.8) is 0 Å². The SMILES string of the molecule is CC.CC(/C=C(\N)C(F)(F)F)=NCC(C)(F)F. The number of alkyl halides is 5. The van der Waals surface area contributed by atoms with Gasteiger partial charge in [-0.1, -0.05) is 13.8 Å². The summed E-state index contributed by atoms with van der Waals surface area (Å²) < 4.78 is 60.2. The van der Waals surface area contributed by atoms with Crippen LogP contribution >= 0.6 is 0 Å². The Hall–Kier alpha value is -1.14. The van der Waals surface area contributed by atoms with E-state index >= 15 is 0 Å². The molecule has 0 aliphatic carbocycles. The van der Waals surface area contributed by atoms with Crippen molar-refractivity contribution in [3.8, 4) is 0 Å². The van der Waals surface area contributed by atoms with Crippen molar-refractivity contribution in [3.05, 3.63) is 11.8 Å². The maximum absolute atomic E-state index is 12.3. The summed E-state index contributed by atoms with van der Waals surface area (Å²) in [6.45, 7) is 4.94. The predicted molar refractivity (Wildman–Crippen MR) is 58.3 cm³/mol. The van der Waals surface area contributed by atoms with Crippen molar-refractivity contribution in [1.82, 2.24) is 0 Å². The van der Waals surface area contributed by atoms with Gasteiger partial charge in [0.1, 0.15) is 12.2 Å². The Bertz CT molecular complexity index is 273. The number of aliphatic imine (C=N–C) groups is 1. The highest BCUT2D eigenvalue weighted by Gasteiger charge is 2.31. The lowest BCUT2D eigenvalue weighted by molar-refractivity contribution is -0.0925. The van der Waals surface area contributed by atoms with E-state index in [0.29, 0.717) is 13.0 Å². The van der Waals surface area contributed by atoms with Crippen LogP contribution in [0.15, 0.2) is 16.8 Å². The lowest BCUT2D eigenvalue weighted by Gasteiger charge is -2.07. The molecule has 0 amide bonds. The summed E-state index contributed by atoms with van der Waals surface area (Å²) in [6.07, 6.45) is -4.14. The molecule has 2 N–H and O–H groups in total. The summed E-state index contributed by atoms with van der Waals surface area (Å²) in [5.41, 5.74) is 3.11. The zero-order valence-corrected chi connectivity index (χ0v) is 10.2. The molecule has 0 aromatic rings. The van der Waals surface area contributed by atoms with Crippen LogP contribution in [0.2, 0.25) is 0 Å². The monoisotopic (exact) mass is 260 g/mol. The second-order valence-electron chi connectivity index (χ2n) is 3.13. The molecule has 102 valence electrons. The summed E-state index contributed by atoms with van der Waals surface area (Å²) in [6, 6.07) is 0. The molecule has 0 heterocycles. The first-order valence-corrected chi connectivity index (χ1v) is 4.95. The number of hydrogen-bond donors (Lipinski definition) is 1. The molecule has 0 fully saturated rings. The molecule has 0 atom stereocenters. The Balaban J connectivity index is 0. The first-order chi connectivity index (χ1) is 7.52. The largest absolute Gasteiger partial charge is 0.430 e. The minimum Gasteiger partial charge on any atom is -0.395 e. The molecule has 0 radical (unpaired) electrons. The second-order valence-corrected chi connectivity index (χ2v) is 3.13. The Morgan fingerprint density at radius 3 is 1.88 bits per heavy atom. The fraction of sp³-hybridized carbons (Fsp3) is 0.700. The van der Waals surface area contributed by atoms with Gasteiger partial charge in [-0.05, 0) is 13.0 Å². The fourth-order valence-electron chi connectivity index (χ4n) is 0.616. The van der Waals surface area contributed by atoms with E-state index in [1.807, 2.05) is 13.8 Å². The number of rotatable bonds is 3. The first kappa shape index (κ1) is 18.2. The molecule has 0 aliphatic heterocycles. The van der Waals surface area contributed by atoms with E-state index in [0.717, 1.165) is 0 Å². The van der Waals surface area contributed by atoms with E-state index in [1.165, 1.54) is 6.92 Å². The molecule has 0 spiro atoms. The number of allylic oxidation sites excluding steroid dienone is 2. The van der Waals surface area contributed by atoms with Crippen LogP contribution in [-0.4, -0.2) is 24.4 Å². The molecule has 0 aliphatic rings. The molecule has 0 rings (SSSR count). The lowest BCUT2D eigenvalue weighted by atomic mass is 10.3. The van der Waals surface area contributed by atoms with Gasteiger partial charge in [0.25, 0.3) is 5.92 Å². The Labute approximate surface area is 97.4 Å². The van der Waals surface area contributed by atoms with Crippen LogP contribution in [0.4, 0.5) is 22.0 Å². The van der Waals surface area contributed by atoms with Crippen LogP contribution < -0.4 is 5.73 Å². The maximum atomic E-state index is 12.3. The van der Waals surface area contributed by atoms with Crippen LogP contribution in [0.25, 0.3) is 0 Å². The summed E-state index contributed by atoms with van der Waals surface area (Å²) >= 11 is 0. The summed E-state index contributed by atoms with van der Waals surface area (Å²) in [5.74, 6) is -3.04. The molecule has 0 saturated heterocycles. The van der Waals surface area contributed by atoms with E-state index < -0.39 is 24.3 Å². The molecular weight excluding hydrogens is 243 g/mol. The highest BCUT2D eigenvalue weighted by atomic mass is 19.4. The van der Waals surface area contributed by atoms with E-state index in [4.69, 9.17) is 0 Å². The smallest absolute Gasteiger partial charge is 0.395 e. The quantitative estimate of drug-likeness (QED) is 0.611. The van der Waals surface area contributed by atoms with Gasteiger partial charge in [-0.3, -0.25) is 4.99 Å². The molecule has 0 aromatic heterocycles. The minimum absolute atomic E-state index is 0.189. The van der Waals surface area contributed by atoms with Crippen molar-refractivity contribution in [2.75, 3.05) is 6.54 Å². The summed E-state index contributed by atoms with van der Waals surface area (Å²) in [5, 5.41) is 0. The normalized spacial score (nSPS) is 14.2. The van der Waals surface area contributed by atoms with Gasteiger partial charge >= 0.3 is 6.18 Å². The summed E-state index contributed by atoms with van der Waals surface area (Å²) in [7, 11) is 0. The molecular formula is C10H17F5N2. The number of halogens is 5. The number of hydrogen-bond acceptors (Lipinski definition) is 2. The standard InChI is InChI=1S/C8H11F5N2.C2H6/c1-5(15-4-7(2,9)10)3-6(14)8(11,12)13;1-2/h3H,4,14H2,1-2H3;1-2H3/b6-3-,15-5?;. The Kier molecular flexibility index (Phi) is 7.76. The maximum Gasteiger partial charge on any atom is 0.430 e. The van der Waals surface area contributed by atoms with Crippen LogP contribution in [0.3, 0.4) is 0 Å². The van der Waals surface area contributed by atoms with E-state index in [9.17, 15) is 22.0 Å². The molecule has 7 heteroatoms. The lowest BCUT2D eigenvalue weighted by Crippen LogP contribution is -2.21. The van der Waals surface area contributed by atoms with Crippen molar-refractivity contribution in [1.29, 1.82) is 0 Å². The molecule has 0 unspecified atom stereocenters. The van der Waals surface area contributed by atoms with Crippen LogP contribution in [0.5, 0.6) is 0 Å². The third-order valence-corrected chi connectivity index (χ3v) is 1.30. The van der Waals surface area contributed by atoms with Crippen molar-refractivity contribution in [2.45, 2.75) is 39.8 Å². The Morgan fingerprint density at radius 2 is 1.59 bits per heavy atom. The molecule has 0 bridgehead atoms. The average molecular weight is 260 g/mol.